The minimum Gasteiger partial charge on any atom is -0.434 e. The van der Waals surface area contributed by atoms with E-state index in [2.05, 4.69) is 10.1 Å². The molecule has 2 atom stereocenters. The third kappa shape index (κ3) is 3.68. The third-order valence-electron chi connectivity index (χ3n) is 3.56. The molecular weight excluding hydrogens is 284 g/mol. The molecule has 0 radical (unpaired) electrons. The van der Waals surface area contributed by atoms with Crippen molar-refractivity contribution in [2.24, 2.45) is 0 Å². The number of amides is 1. The number of aliphatic hydroxyl groups is 1. The number of carbonyl (C=O) groups is 1. The van der Waals surface area contributed by atoms with Crippen molar-refractivity contribution in [2.45, 2.75) is 31.7 Å². The lowest BCUT2D eigenvalue weighted by Crippen LogP contribution is -2.47. The largest absolute Gasteiger partial charge is 0.434 e. The maximum absolute atomic E-state index is 12.3. The van der Waals surface area contributed by atoms with E-state index in [1.165, 1.54) is 18.2 Å². The zero-order valence-corrected chi connectivity index (χ0v) is 11.5. The van der Waals surface area contributed by atoms with Crippen LogP contribution in [0.5, 0.6) is 5.75 Å². The van der Waals surface area contributed by atoms with Crippen molar-refractivity contribution in [3.05, 3.63) is 29.8 Å². The van der Waals surface area contributed by atoms with E-state index in [9.17, 15) is 18.7 Å². The minimum atomic E-state index is -3.01. The van der Waals surface area contributed by atoms with Crippen LogP contribution >= 0.6 is 0 Å². The van der Waals surface area contributed by atoms with Crippen molar-refractivity contribution in [2.75, 3.05) is 13.2 Å². The Labute approximate surface area is 120 Å². The quantitative estimate of drug-likeness (QED) is 0.866. The van der Waals surface area contributed by atoms with Gasteiger partial charge in [-0.2, -0.15) is 8.78 Å². The molecule has 0 saturated carbocycles. The van der Waals surface area contributed by atoms with Gasteiger partial charge in [0.25, 0.3) is 5.91 Å². The summed E-state index contributed by atoms with van der Waals surface area (Å²) >= 11 is 0. The second-order valence-electron chi connectivity index (χ2n) is 4.92. The van der Waals surface area contributed by atoms with Crippen LogP contribution in [0, 0.1) is 0 Å². The van der Waals surface area contributed by atoms with Gasteiger partial charge < -0.3 is 19.9 Å². The van der Waals surface area contributed by atoms with E-state index in [1.807, 2.05) is 0 Å². The number of rotatable bonds is 5. The van der Waals surface area contributed by atoms with Crippen LogP contribution in [0.25, 0.3) is 0 Å². The average Bonchev–Trinajstić information content (AvgIpc) is 2.76. The smallest absolute Gasteiger partial charge is 0.387 e. The molecule has 2 rings (SSSR count). The van der Waals surface area contributed by atoms with Crippen molar-refractivity contribution in [1.29, 1.82) is 0 Å². The van der Waals surface area contributed by atoms with Gasteiger partial charge in [0.15, 0.2) is 0 Å². The molecule has 1 aliphatic heterocycles. The summed E-state index contributed by atoms with van der Waals surface area (Å²) in [5, 5.41) is 12.8. The molecule has 5 nitrogen and oxygen atoms in total. The standard InChI is InChI=1S/C14H17F2NO4/c1-9-14(19,6-7-20-9)8-17-12(18)10-4-2-3-5-11(10)21-13(15)16/h2-5,9,13,19H,6-8H2,1H3,(H,17,18). The molecule has 1 fully saturated rings. The fourth-order valence-electron chi connectivity index (χ4n) is 2.18. The molecule has 1 aliphatic rings. The highest BCUT2D eigenvalue weighted by Gasteiger charge is 2.39. The predicted molar refractivity (Wildman–Crippen MR) is 70.4 cm³/mol. The number of carbonyl (C=O) groups excluding carboxylic acids is 1. The number of ether oxygens (including phenoxy) is 2. The van der Waals surface area contributed by atoms with Crippen LogP contribution in [-0.2, 0) is 4.74 Å². The number of hydrogen-bond donors (Lipinski definition) is 2. The molecule has 1 saturated heterocycles. The number of benzene rings is 1. The lowest BCUT2D eigenvalue weighted by atomic mass is 9.96. The molecule has 0 aliphatic carbocycles. The van der Waals surface area contributed by atoms with Gasteiger partial charge in [0.05, 0.1) is 11.7 Å². The monoisotopic (exact) mass is 301 g/mol. The van der Waals surface area contributed by atoms with Crippen molar-refractivity contribution in [3.8, 4) is 5.75 Å². The molecule has 1 amide bonds. The second kappa shape index (κ2) is 6.36. The van der Waals surface area contributed by atoms with Crippen molar-refractivity contribution >= 4 is 5.91 Å². The molecule has 2 N–H and O–H groups in total. The van der Waals surface area contributed by atoms with Gasteiger partial charge in [-0.1, -0.05) is 12.1 Å². The van der Waals surface area contributed by atoms with Gasteiger partial charge in [0, 0.05) is 19.6 Å². The number of para-hydroxylation sites is 1. The van der Waals surface area contributed by atoms with E-state index in [-0.39, 0.29) is 17.9 Å². The zero-order chi connectivity index (χ0) is 15.5. The number of alkyl halides is 2. The summed E-state index contributed by atoms with van der Waals surface area (Å²) in [6.45, 7) is -0.895. The Morgan fingerprint density at radius 3 is 2.90 bits per heavy atom. The summed E-state index contributed by atoms with van der Waals surface area (Å²) in [5.74, 6) is -0.786. The van der Waals surface area contributed by atoms with Crippen molar-refractivity contribution in [3.63, 3.8) is 0 Å². The van der Waals surface area contributed by atoms with Crippen molar-refractivity contribution in [1.82, 2.24) is 5.32 Å². The molecule has 0 spiro atoms. The molecule has 1 aromatic rings. The van der Waals surface area contributed by atoms with Crippen molar-refractivity contribution < 1.29 is 28.2 Å². The Hall–Kier alpha value is -1.73. The van der Waals surface area contributed by atoms with Crippen LogP contribution in [-0.4, -0.2) is 42.5 Å². The van der Waals surface area contributed by atoms with E-state index in [4.69, 9.17) is 4.74 Å². The molecule has 21 heavy (non-hydrogen) atoms. The highest BCUT2D eigenvalue weighted by Crippen LogP contribution is 2.25. The van der Waals surface area contributed by atoms with Crippen LogP contribution in [0.15, 0.2) is 24.3 Å². The molecule has 1 aromatic carbocycles. The summed E-state index contributed by atoms with van der Waals surface area (Å²) in [6.07, 6.45) is 0.00856. The van der Waals surface area contributed by atoms with Gasteiger partial charge in [0.2, 0.25) is 0 Å². The Balaban J connectivity index is 2.04. The molecule has 1 heterocycles. The first-order valence-electron chi connectivity index (χ1n) is 6.58. The fourth-order valence-corrected chi connectivity index (χ4v) is 2.18. The zero-order valence-electron chi connectivity index (χ0n) is 11.5. The van der Waals surface area contributed by atoms with E-state index < -0.39 is 24.2 Å². The number of nitrogens with one attached hydrogen (secondary N) is 1. The Bertz CT molecular complexity index is 512. The van der Waals surface area contributed by atoms with Gasteiger partial charge >= 0.3 is 6.61 Å². The van der Waals surface area contributed by atoms with E-state index in [0.717, 1.165) is 0 Å². The van der Waals surface area contributed by atoms with Gasteiger partial charge in [-0.25, -0.2) is 0 Å². The maximum Gasteiger partial charge on any atom is 0.387 e. The van der Waals surface area contributed by atoms with Gasteiger partial charge in [0.1, 0.15) is 11.4 Å². The third-order valence-corrected chi connectivity index (χ3v) is 3.56. The Morgan fingerprint density at radius 1 is 1.57 bits per heavy atom. The van der Waals surface area contributed by atoms with Crippen LogP contribution in [0.4, 0.5) is 8.78 Å². The van der Waals surface area contributed by atoms with E-state index >= 15 is 0 Å². The highest BCUT2D eigenvalue weighted by atomic mass is 19.3. The molecular formula is C14H17F2NO4. The van der Waals surface area contributed by atoms with Crippen LogP contribution in [0.1, 0.15) is 23.7 Å². The van der Waals surface area contributed by atoms with Gasteiger partial charge in [-0.3, -0.25) is 4.79 Å². The summed E-state index contributed by atoms with van der Waals surface area (Å²) in [5.41, 5.74) is -1.15. The molecule has 0 aromatic heterocycles. The summed E-state index contributed by atoms with van der Waals surface area (Å²) in [4.78, 5) is 12.1. The highest BCUT2D eigenvalue weighted by molar-refractivity contribution is 5.96. The van der Waals surface area contributed by atoms with Crippen LogP contribution in [0.3, 0.4) is 0 Å². The summed E-state index contributed by atoms with van der Waals surface area (Å²) in [7, 11) is 0. The first-order valence-corrected chi connectivity index (χ1v) is 6.58. The van der Waals surface area contributed by atoms with E-state index in [0.29, 0.717) is 13.0 Å². The van der Waals surface area contributed by atoms with E-state index in [1.54, 1.807) is 13.0 Å². The minimum absolute atomic E-state index is 0.00651. The topological polar surface area (TPSA) is 67.8 Å². The van der Waals surface area contributed by atoms with Gasteiger partial charge in [-0.15, -0.1) is 0 Å². The fraction of sp³-hybridized carbons (Fsp3) is 0.500. The van der Waals surface area contributed by atoms with Gasteiger partial charge in [-0.05, 0) is 19.1 Å². The predicted octanol–water partition coefficient (Wildman–Crippen LogP) is 1.56. The summed E-state index contributed by atoms with van der Waals surface area (Å²) < 4.78 is 34.2. The first-order chi connectivity index (χ1) is 9.92. The normalized spacial score (nSPS) is 25.1. The molecule has 7 heteroatoms. The second-order valence-corrected chi connectivity index (χ2v) is 4.92. The molecule has 0 bridgehead atoms. The first kappa shape index (κ1) is 15.7. The van der Waals surface area contributed by atoms with Crippen LogP contribution < -0.4 is 10.1 Å². The average molecular weight is 301 g/mol. The molecule has 2 unspecified atom stereocenters. The number of hydrogen-bond acceptors (Lipinski definition) is 4. The lowest BCUT2D eigenvalue weighted by Gasteiger charge is -2.26. The Kier molecular flexibility index (Phi) is 4.74. The van der Waals surface area contributed by atoms with Crippen LogP contribution in [0.2, 0.25) is 0 Å². The lowest BCUT2D eigenvalue weighted by molar-refractivity contribution is -0.0502. The summed E-state index contributed by atoms with van der Waals surface area (Å²) in [6, 6.07) is 5.71. The molecule has 116 valence electrons. The number of halogens is 2. The Morgan fingerprint density at radius 2 is 2.29 bits per heavy atom. The SMILES string of the molecule is CC1OCCC1(O)CNC(=O)c1ccccc1OC(F)F. The maximum atomic E-state index is 12.3.